The fourth-order valence-electron chi connectivity index (χ4n) is 2.23. The van der Waals surface area contributed by atoms with Gasteiger partial charge in [-0.15, -0.1) is 0 Å². The molecule has 1 atom stereocenters. The standard InChI is InChI=1S/C13H22N4O2/c1-10-8-12(19-15-10)9-16-4-6-17(7-5-16)13(18)11(2)14-3/h8,11,14H,4-7,9H2,1-3H3. The van der Waals surface area contributed by atoms with Gasteiger partial charge in [0.05, 0.1) is 18.3 Å². The Morgan fingerprint density at radius 2 is 2.16 bits per heavy atom. The number of aryl methyl sites for hydroxylation is 1. The molecule has 2 heterocycles. The van der Waals surface area contributed by atoms with Gasteiger partial charge in [-0.3, -0.25) is 9.69 Å². The Labute approximate surface area is 113 Å². The highest BCUT2D eigenvalue weighted by atomic mass is 16.5. The first-order valence-corrected chi connectivity index (χ1v) is 6.70. The van der Waals surface area contributed by atoms with Crippen LogP contribution in [0, 0.1) is 6.92 Å². The zero-order chi connectivity index (χ0) is 13.8. The van der Waals surface area contributed by atoms with Gasteiger partial charge in [0.25, 0.3) is 0 Å². The van der Waals surface area contributed by atoms with Crippen LogP contribution in [-0.2, 0) is 11.3 Å². The molecule has 0 radical (unpaired) electrons. The van der Waals surface area contributed by atoms with E-state index in [1.807, 2.05) is 31.9 Å². The summed E-state index contributed by atoms with van der Waals surface area (Å²) >= 11 is 0. The number of hydrogen-bond donors (Lipinski definition) is 1. The number of rotatable bonds is 4. The van der Waals surface area contributed by atoms with Gasteiger partial charge in [-0.05, 0) is 20.9 Å². The van der Waals surface area contributed by atoms with E-state index in [9.17, 15) is 4.79 Å². The molecule has 106 valence electrons. The molecule has 0 aromatic carbocycles. The van der Waals surface area contributed by atoms with Gasteiger partial charge in [0.15, 0.2) is 5.76 Å². The van der Waals surface area contributed by atoms with E-state index in [4.69, 9.17) is 4.52 Å². The van der Waals surface area contributed by atoms with Crippen molar-refractivity contribution in [3.63, 3.8) is 0 Å². The van der Waals surface area contributed by atoms with Crippen LogP contribution in [0.1, 0.15) is 18.4 Å². The summed E-state index contributed by atoms with van der Waals surface area (Å²) in [6.45, 7) is 7.89. The van der Waals surface area contributed by atoms with E-state index in [1.54, 1.807) is 0 Å². The quantitative estimate of drug-likeness (QED) is 0.845. The maximum Gasteiger partial charge on any atom is 0.239 e. The zero-order valence-electron chi connectivity index (χ0n) is 11.8. The van der Waals surface area contributed by atoms with Crippen molar-refractivity contribution in [2.75, 3.05) is 33.2 Å². The molecule has 1 aromatic rings. The molecular formula is C13H22N4O2. The molecule has 1 amide bonds. The smallest absolute Gasteiger partial charge is 0.239 e. The van der Waals surface area contributed by atoms with Crippen molar-refractivity contribution in [2.45, 2.75) is 26.4 Å². The first kappa shape index (κ1) is 14.0. The van der Waals surface area contributed by atoms with Gasteiger partial charge in [-0.1, -0.05) is 5.16 Å². The summed E-state index contributed by atoms with van der Waals surface area (Å²) in [4.78, 5) is 16.2. The topological polar surface area (TPSA) is 61.6 Å². The van der Waals surface area contributed by atoms with Crippen LogP contribution in [0.15, 0.2) is 10.6 Å². The number of aromatic nitrogens is 1. The van der Waals surface area contributed by atoms with Gasteiger partial charge >= 0.3 is 0 Å². The van der Waals surface area contributed by atoms with E-state index in [2.05, 4.69) is 15.4 Å². The minimum Gasteiger partial charge on any atom is -0.360 e. The van der Waals surface area contributed by atoms with E-state index in [1.165, 1.54) is 0 Å². The zero-order valence-corrected chi connectivity index (χ0v) is 11.8. The van der Waals surface area contributed by atoms with Gasteiger partial charge in [0.1, 0.15) is 0 Å². The molecule has 2 rings (SSSR count). The van der Waals surface area contributed by atoms with Crippen LogP contribution in [-0.4, -0.2) is 60.1 Å². The molecule has 0 bridgehead atoms. The maximum absolute atomic E-state index is 12.0. The van der Waals surface area contributed by atoms with Crippen LogP contribution in [0.5, 0.6) is 0 Å². The SMILES string of the molecule is CNC(C)C(=O)N1CCN(Cc2cc(C)no2)CC1. The normalized spacial score (nSPS) is 18.6. The first-order valence-electron chi connectivity index (χ1n) is 6.70. The van der Waals surface area contributed by atoms with Crippen molar-refractivity contribution in [2.24, 2.45) is 0 Å². The number of amides is 1. The molecule has 1 aliphatic rings. The summed E-state index contributed by atoms with van der Waals surface area (Å²) in [5.41, 5.74) is 0.909. The second-order valence-electron chi connectivity index (χ2n) is 5.05. The monoisotopic (exact) mass is 266 g/mol. The van der Waals surface area contributed by atoms with E-state index < -0.39 is 0 Å². The van der Waals surface area contributed by atoms with Crippen molar-refractivity contribution in [1.29, 1.82) is 0 Å². The van der Waals surface area contributed by atoms with Gasteiger partial charge in [0.2, 0.25) is 5.91 Å². The molecule has 1 saturated heterocycles. The maximum atomic E-state index is 12.0. The highest BCUT2D eigenvalue weighted by Crippen LogP contribution is 2.10. The lowest BCUT2D eigenvalue weighted by Gasteiger charge is -2.35. The fourth-order valence-corrected chi connectivity index (χ4v) is 2.23. The predicted molar refractivity (Wildman–Crippen MR) is 71.6 cm³/mol. The van der Waals surface area contributed by atoms with Crippen molar-refractivity contribution in [1.82, 2.24) is 20.3 Å². The highest BCUT2D eigenvalue weighted by Gasteiger charge is 2.24. The van der Waals surface area contributed by atoms with Crippen LogP contribution in [0.4, 0.5) is 0 Å². The van der Waals surface area contributed by atoms with Crippen LogP contribution in [0.25, 0.3) is 0 Å². The van der Waals surface area contributed by atoms with Crippen molar-refractivity contribution in [3.05, 3.63) is 17.5 Å². The van der Waals surface area contributed by atoms with Crippen LogP contribution < -0.4 is 5.32 Å². The molecule has 1 N–H and O–H groups in total. The van der Waals surface area contributed by atoms with Gasteiger partial charge in [-0.25, -0.2) is 0 Å². The third kappa shape index (κ3) is 3.54. The lowest BCUT2D eigenvalue weighted by atomic mass is 10.2. The molecule has 1 aromatic heterocycles. The second kappa shape index (κ2) is 6.16. The Kier molecular flexibility index (Phi) is 4.55. The van der Waals surface area contributed by atoms with Crippen molar-refractivity contribution in [3.8, 4) is 0 Å². The Bertz CT molecular complexity index is 424. The molecule has 1 aliphatic heterocycles. The van der Waals surface area contributed by atoms with Crippen LogP contribution in [0.2, 0.25) is 0 Å². The van der Waals surface area contributed by atoms with E-state index >= 15 is 0 Å². The van der Waals surface area contributed by atoms with Crippen LogP contribution in [0.3, 0.4) is 0 Å². The van der Waals surface area contributed by atoms with Crippen molar-refractivity contribution >= 4 is 5.91 Å². The van der Waals surface area contributed by atoms with E-state index in [0.717, 1.165) is 44.2 Å². The molecule has 1 fully saturated rings. The first-order chi connectivity index (χ1) is 9.10. The minimum atomic E-state index is -0.108. The van der Waals surface area contributed by atoms with Gasteiger partial charge in [-0.2, -0.15) is 0 Å². The predicted octanol–water partition coefficient (Wildman–Crippen LogP) is 0.235. The van der Waals surface area contributed by atoms with Gasteiger partial charge in [0, 0.05) is 32.2 Å². The summed E-state index contributed by atoms with van der Waals surface area (Å²) in [5, 5.41) is 6.87. The number of piperazine rings is 1. The summed E-state index contributed by atoms with van der Waals surface area (Å²) in [6.07, 6.45) is 0. The Morgan fingerprint density at radius 1 is 1.47 bits per heavy atom. The molecule has 0 spiro atoms. The average Bonchev–Trinajstić information content (AvgIpc) is 2.83. The number of likely N-dealkylation sites (N-methyl/N-ethyl adjacent to an activating group) is 1. The third-order valence-corrected chi connectivity index (χ3v) is 3.54. The number of carbonyl (C=O) groups excluding carboxylic acids is 1. The Balaban J connectivity index is 1.81. The lowest BCUT2D eigenvalue weighted by Crippen LogP contribution is -2.52. The molecular weight excluding hydrogens is 244 g/mol. The Morgan fingerprint density at radius 3 is 2.68 bits per heavy atom. The largest absolute Gasteiger partial charge is 0.360 e. The summed E-state index contributed by atoms with van der Waals surface area (Å²) < 4.78 is 5.21. The lowest BCUT2D eigenvalue weighted by molar-refractivity contribution is -0.134. The molecule has 6 nitrogen and oxygen atoms in total. The van der Waals surface area contributed by atoms with Crippen molar-refractivity contribution < 1.29 is 9.32 Å². The number of carbonyl (C=O) groups is 1. The Hall–Kier alpha value is -1.40. The summed E-state index contributed by atoms with van der Waals surface area (Å²) in [5.74, 6) is 1.07. The fraction of sp³-hybridized carbons (Fsp3) is 0.692. The van der Waals surface area contributed by atoms with Crippen LogP contribution >= 0.6 is 0 Å². The highest BCUT2D eigenvalue weighted by molar-refractivity contribution is 5.81. The molecule has 19 heavy (non-hydrogen) atoms. The molecule has 0 aliphatic carbocycles. The number of hydrogen-bond acceptors (Lipinski definition) is 5. The summed E-state index contributed by atoms with van der Waals surface area (Å²) in [6, 6.07) is 1.85. The second-order valence-corrected chi connectivity index (χ2v) is 5.05. The van der Waals surface area contributed by atoms with E-state index in [0.29, 0.717) is 0 Å². The van der Waals surface area contributed by atoms with Gasteiger partial charge < -0.3 is 14.7 Å². The third-order valence-electron chi connectivity index (χ3n) is 3.54. The average molecular weight is 266 g/mol. The number of nitrogens with one attached hydrogen (secondary N) is 1. The minimum absolute atomic E-state index is 0.108. The molecule has 1 unspecified atom stereocenters. The summed E-state index contributed by atoms with van der Waals surface area (Å²) in [7, 11) is 1.81. The molecule has 0 saturated carbocycles. The molecule has 6 heteroatoms. The number of nitrogens with zero attached hydrogens (tertiary/aromatic N) is 3. The van der Waals surface area contributed by atoms with E-state index in [-0.39, 0.29) is 11.9 Å².